The predicted octanol–water partition coefficient (Wildman–Crippen LogP) is 5.74. The lowest BCUT2D eigenvalue weighted by molar-refractivity contribution is 0.104. The lowest BCUT2D eigenvalue weighted by Crippen LogP contribution is -1.99. The number of hydrogen-bond donors (Lipinski definition) is 1. The number of anilines is 1. The van der Waals surface area contributed by atoms with Crippen molar-refractivity contribution < 1.29 is 9.53 Å². The highest BCUT2D eigenvalue weighted by molar-refractivity contribution is 9.10. The first kappa shape index (κ1) is 18.3. The number of unbranched alkanes of at least 4 members (excludes halogenated alkanes) is 1. The van der Waals surface area contributed by atoms with Crippen LogP contribution in [0.3, 0.4) is 0 Å². The molecule has 0 aliphatic heterocycles. The Kier molecular flexibility index (Phi) is 7.07. The summed E-state index contributed by atoms with van der Waals surface area (Å²) >= 11 is 3.43. The Morgan fingerprint density at radius 3 is 2.62 bits per heavy atom. The van der Waals surface area contributed by atoms with Crippen LogP contribution < -0.4 is 10.1 Å². The van der Waals surface area contributed by atoms with Crippen molar-refractivity contribution in [3.8, 4) is 5.75 Å². The Morgan fingerprint density at radius 2 is 1.96 bits per heavy atom. The van der Waals surface area contributed by atoms with Crippen molar-refractivity contribution in [2.24, 2.45) is 0 Å². The highest BCUT2D eigenvalue weighted by atomic mass is 79.9. The summed E-state index contributed by atoms with van der Waals surface area (Å²) in [6.07, 6.45) is 5.34. The molecule has 0 atom stereocenters. The number of benzene rings is 2. The number of rotatable bonds is 8. The zero-order valence-corrected chi connectivity index (χ0v) is 15.6. The summed E-state index contributed by atoms with van der Waals surface area (Å²) in [5.41, 5.74) is 2.72. The maximum atomic E-state index is 12.2. The first-order valence-corrected chi connectivity index (χ1v) is 8.86. The maximum absolute atomic E-state index is 12.2. The topological polar surface area (TPSA) is 38.3 Å². The monoisotopic (exact) mass is 387 g/mol. The number of halogens is 1. The number of ketones is 1. The SMILES string of the molecule is CCCCOc1ccc(C(=O)/C=C/Nc2ccc(Br)cc2C)cc1. The largest absolute Gasteiger partial charge is 0.494 e. The molecule has 0 bridgehead atoms. The van der Waals surface area contributed by atoms with Crippen LogP contribution in [-0.2, 0) is 0 Å². The number of allylic oxidation sites excluding steroid dienone is 1. The van der Waals surface area contributed by atoms with Gasteiger partial charge in [0.25, 0.3) is 0 Å². The van der Waals surface area contributed by atoms with Crippen LogP contribution >= 0.6 is 15.9 Å². The summed E-state index contributed by atoms with van der Waals surface area (Å²) in [5.74, 6) is 0.755. The molecule has 2 rings (SSSR count). The summed E-state index contributed by atoms with van der Waals surface area (Å²) in [5, 5.41) is 3.14. The molecular formula is C20H22BrNO2. The first-order valence-electron chi connectivity index (χ1n) is 8.06. The van der Waals surface area contributed by atoms with Gasteiger partial charge in [-0.2, -0.15) is 0 Å². The molecule has 0 aromatic heterocycles. The highest BCUT2D eigenvalue weighted by Crippen LogP contribution is 2.20. The lowest BCUT2D eigenvalue weighted by atomic mass is 10.1. The summed E-state index contributed by atoms with van der Waals surface area (Å²) < 4.78 is 6.63. The molecule has 0 radical (unpaired) electrons. The van der Waals surface area contributed by atoms with E-state index in [1.165, 1.54) is 6.08 Å². The lowest BCUT2D eigenvalue weighted by Gasteiger charge is -2.06. The Balaban J connectivity index is 1.91. The molecule has 126 valence electrons. The van der Waals surface area contributed by atoms with E-state index in [2.05, 4.69) is 28.2 Å². The van der Waals surface area contributed by atoms with Gasteiger partial charge in [0, 0.05) is 28.0 Å². The van der Waals surface area contributed by atoms with Gasteiger partial charge in [0.05, 0.1) is 6.61 Å². The van der Waals surface area contributed by atoms with Crippen LogP contribution in [0.4, 0.5) is 5.69 Å². The average molecular weight is 388 g/mol. The van der Waals surface area contributed by atoms with Crippen LogP contribution in [0.5, 0.6) is 5.75 Å². The van der Waals surface area contributed by atoms with Crippen molar-refractivity contribution in [2.45, 2.75) is 26.7 Å². The third-order valence-corrected chi connectivity index (χ3v) is 4.06. The Hall–Kier alpha value is -2.07. The van der Waals surface area contributed by atoms with E-state index < -0.39 is 0 Å². The van der Waals surface area contributed by atoms with Crippen LogP contribution in [0.1, 0.15) is 35.7 Å². The van der Waals surface area contributed by atoms with Gasteiger partial charge in [0.15, 0.2) is 5.78 Å². The molecule has 0 unspecified atom stereocenters. The van der Waals surface area contributed by atoms with Gasteiger partial charge < -0.3 is 10.1 Å². The number of carbonyl (C=O) groups is 1. The third-order valence-electron chi connectivity index (χ3n) is 3.57. The quantitative estimate of drug-likeness (QED) is 0.356. The van der Waals surface area contributed by atoms with Crippen molar-refractivity contribution in [3.05, 3.63) is 70.3 Å². The summed E-state index contributed by atoms with van der Waals surface area (Å²) in [6.45, 7) is 4.85. The zero-order valence-electron chi connectivity index (χ0n) is 14.0. The second kappa shape index (κ2) is 9.28. The Bertz CT molecular complexity index is 708. The van der Waals surface area contributed by atoms with Gasteiger partial charge >= 0.3 is 0 Å². The van der Waals surface area contributed by atoms with Crippen LogP contribution in [0.2, 0.25) is 0 Å². The molecule has 24 heavy (non-hydrogen) atoms. The zero-order chi connectivity index (χ0) is 17.4. The number of aryl methyl sites for hydroxylation is 1. The van der Waals surface area contributed by atoms with Gasteiger partial charge in [-0.3, -0.25) is 4.79 Å². The number of nitrogens with one attached hydrogen (secondary N) is 1. The second-order valence-corrected chi connectivity index (χ2v) is 6.44. The van der Waals surface area contributed by atoms with E-state index in [1.54, 1.807) is 18.3 Å². The van der Waals surface area contributed by atoms with Crippen molar-refractivity contribution >= 4 is 27.4 Å². The molecule has 3 nitrogen and oxygen atoms in total. The van der Waals surface area contributed by atoms with E-state index in [-0.39, 0.29) is 5.78 Å². The third kappa shape index (κ3) is 5.53. The summed E-state index contributed by atoms with van der Waals surface area (Å²) in [6, 6.07) is 13.2. The molecule has 2 aromatic carbocycles. The number of ether oxygens (including phenoxy) is 1. The van der Waals surface area contributed by atoms with E-state index in [4.69, 9.17) is 4.74 Å². The second-order valence-electron chi connectivity index (χ2n) is 5.53. The Labute approximate surface area is 151 Å². The molecule has 1 N–H and O–H groups in total. The summed E-state index contributed by atoms with van der Waals surface area (Å²) in [7, 11) is 0. The van der Waals surface area contributed by atoms with E-state index in [1.807, 2.05) is 37.3 Å². The first-order chi connectivity index (χ1) is 11.6. The van der Waals surface area contributed by atoms with E-state index >= 15 is 0 Å². The molecule has 2 aromatic rings. The van der Waals surface area contributed by atoms with Crippen molar-refractivity contribution in [3.63, 3.8) is 0 Å². The molecule has 0 heterocycles. The predicted molar refractivity (Wildman–Crippen MR) is 103 cm³/mol. The van der Waals surface area contributed by atoms with Gasteiger partial charge in [0.2, 0.25) is 0 Å². The minimum Gasteiger partial charge on any atom is -0.494 e. The number of carbonyl (C=O) groups excluding carboxylic acids is 1. The van der Waals surface area contributed by atoms with Crippen LogP contribution in [0, 0.1) is 6.92 Å². The van der Waals surface area contributed by atoms with Gasteiger partial charge in [-0.05, 0) is 61.4 Å². The van der Waals surface area contributed by atoms with Gasteiger partial charge in [-0.25, -0.2) is 0 Å². The molecule has 0 amide bonds. The van der Waals surface area contributed by atoms with Gasteiger partial charge in [-0.15, -0.1) is 0 Å². The maximum Gasteiger partial charge on any atom is 0.187 e. The number of hydrogen-bond acceptors (Lipinski definition) is 3. The molecule has 0 saturated carbocycles. The van der Waals surface area contributed by atoms with Gasteiger partial charge in [-0.1, -0.05) is 29.3 Å². The molecule has 0 aliphatic carbocycles. The van der Waals surface area contributed by atoms with Crippen LogP contribution in [0.15, 0.2) is 59.2 Å². The van der Waals surface area contributed by atoms with Crippen molar-refractivity contribution in [2.75, 3.05) is 11.9 Å². The molecule has 4 heteroatoms. The molecule has 0 spiro atoms. The molecule has 0 aliphatic rings. The summed E-state index contributed by atoms with van der Waals surface area (Å²) in [4.78, 5) is 12.2. The van der Waals surface area contributed by atoms with Gasteiger partial charge in [0.1, 0.15) is 5.75 Å². The molecular weight excluding hydrogens is 366 g/mol. The fourth-order valence-electron chi connectivity index (χ4n) is 2.14. The minimum absolute atomic E-state index is 0.0441. The van der Waals surface area contributed by atoms with Crippen molar-refractivity contribution in [1.82, 2.24) is 0 Å². The standard InChI is InChI=1S/C20H22BrNO2/c1-3-4-13-24-18-8-5-16(6-9-18)20(23)11-12-22-19-10-7-17(21)14-15(19)2/h5-12,14,22H,3-4,13H2,1-2H3/b12-11+. The fourth-order valence-corrected chi connectivity index (χ4v) is 2.62. The highest BCUT2D eigenvalue weighted by Gasteiger charge is 2.02. The van der Waals surface area contributed by atoms with E-state index in [9.17, 15) is 4.79 Å². The van der Waals surface area contributed by atoms with Crippen LogP contribution in [-0.4, -0.2) is 12.4 Å². The van der Waals surface area contributed by atoms with E-state index in [0.717, 1.165) is 34.3 Å². The normalized spacial score (nSPS) is 10.8. The molecule has 0 saturated heterocycles. The minimum atomic E-state index is -0.0441. The molecule has 0 fully saturated rings. The van der Waals surface area contributed by atoms with E-state index in [0.29, 0.717) is 12.2 Å². The fraction of sp³-hybridized carbons (Fsp3) is 0.250. The van der Waals surface area contributed by atoms with Crippen LogP contribution in [0.25, 0.3) is 0 Å². The Morgan fingerprint density at radius 1 is 1.21 bits per heavy atom. The smallest absolute Gasteiger partial charge is 0.187 e. The van der Waals surface area contributed by atoms with Crippen molar-refractivity contribution in [1.29, 1.82) is 0 Å². The average Bonchev–Trinajstić information content (AvgIpc) is 2.57.